The van der Waals surface area contributed by atoms with Crippen LogP contribution in [0.2, 0.25) is 0 Å². The number of hydrogen-bond donors (Lipinski definition) is 0. The molecule has 0 spiro atoms. The van der Waals surface area contributed by atoms with Gasteiger partial charge in [-0.2, -0.15) is 0 Å². The van der Waals surface area contributed by atoms with Gasteiger partial charge in [-0.1, -0.05) is 87.2 Å². The monoisotopic (exact) mass is 306 g/mol. The molecule has 0 saturated carbocycles. The molecule has 23 heavy (non-hydrogen) atoms. The average Bonchev–Trinajstić information content (AvgIpc) is 2.61. The lowest BCUT2D eigenvalue weighted by Gasteiger charge is -2.07. The summed E-state index contributed by atoms with van der Waals surface area (Å²) in [5.41, 5.74) is 6.71. The van der Waals surface area contributed by atoms with Gasteiger partial charge in [-0.25, -0.2) is 0 Å². The van der Waals surface area contributed by atoms with Crippen molar-refractivity contribution in [1.29, 1.82) is 0 Å². The first-order chi connectivity index (χ1) is 11.2. The van der Waals surface area contributed by atoms with Gasteiger partial charge in [0.15, 0.2) is 0 Å². The fourth-order valence-electron chi connectivity index (χ4n) is 2.89. The minimum Gasteiger partial charge on any atom is -0.0841 e. The van der Waals surface area contributed by atoms with E-state index >= 15 is 0 Å². The van der Waals surface area contributed by atoms with Crippen LogP contribution in [0.5, 0.6) is 0 Å². The first-order valence-electron chi connectivity index (χ1n) is 9.07. The van der Waals surface area contributed by atoms with Crippen molar-refractivity contribution in [3.63, 3.8) is 0 Å². The fraction of sp³-hybridized carbons (Fsp3) is 0.391. The van der Waals surface area contributed by atoms with Crippen molar-refractivity contribution < 1.29 is 0 Å². The molecule has 0 aromatic heterocycles. The number of aryl methyl sites for hydroxylation is 1. The predicted molar refractivity (Wildman–Crippen MR) is 104 cm³/mol. The average molecular weight is 306 g/mol. The molecule has 0 aliphatic carbocycles. The summed E-state index contributed by atoms with van der Waals surface area (Å²) in [6, 6.07) is 18.0. The molecule has 0 heteroatoms. The van der Waals surface area contributed by atoms with Gasteiger partial charge in [0.2, 0.25) is 0 Å². The summed E-state index contributed by atoms with van der Waals surface area (Å²) in [5, 5.41) is 0. The molecule has 0 amide bonds. The summed E-state index contributed by atoms with van der Waals surface area (Å²) < 4.78 is 0. The van der Waals surface area contributed by atoms with Crippen LogP contribution in [-0.2, 0) is 6.42 Å². The Labute approximate surface area is 142 Å². The van der Waals surface area contributed by atoms with Crippen LogP contribution in [0.3, 0.4) is 0 Å². The quantitative estimate of drug-likeness (QED) is 0.449. The molecule has 0 atom stereocenters. The molecule has 0 heterocycles. The van der Waals surface area contributed by atoms with Crippen LogP contribution in [0.4, 0.5) is 0 Å². The van der Waals surface area contributed by atoms with Gasteiger partial charge >= 0.3 is 0 Å². The zero-order chi connectivity index (χ0) is 16.5. The molecule has 0 unspecified atom stereocenters. The third-order valence-electron chi connectivity index (χ3n) is 4.63. The number of hydrogen-bond acceptors (Lipinski definition) is 0. The SMILES string of the molecule is C/C=C(/C)c1ccc(-c2ccc(CCCCCCC)cc2)cc1. The maximum Gasteiger partial charge on any atom is -0.0184 e. The molecule has 122 valence electrons. The minimum atomic E-state index is 1.21. The number of benzene rings is 2. The lowest BCUT2D eigenvalue weighted by atomic mass is 9.99. The third kappa shape index (κ3) is 5.39. The van der Waals surface area contributed by atoms with Gasteiger partial charge in [-0.15, -0.1) is 0 Å². The lowest BCUT2D eigenvalue weighted by Crippen LogP contribution is -1.87. The highest BCUT2D eigenvalue weighted by atomic mass is 14.1. The van der Waals surface area contributed by atoms with Crippen molar-refractivity contribution in [3.8, 4) is 11.1 Å². The molecule has 0 aliphatic rings. The van der Waals surface area contributed by atoms with E-state index < -0.39 is 0 Å². The van der Waals surface area contributed by atoms with E-state index in [0.717, 1.165) is 0 Å². The van der Waals surface area contributed by atoms with E-state index in [9.17, 15) is 0 Å². The summed E-state index contributed by atoms with van der Waals surface area (Å²) in [4.78, 5) is 0. The Kier molecular flexibility index (Phi) is 7.13. The molecular weight excluding hydrogens is 276 g/mol. The summed E-state index contributed by atoms with van der Waals surface area (Å²) in [7, 11) is 0. The van der Waals surface area contributed by atoms with Crippen LogP contribution in [0, 0.1) is 0 Å². The van der Waals surface area contributed by atoms with E-state index in [0.29, 0.717) is 0 Å². The first kappa shape index (κ1) is 17.5. The molecule has 0 fully saturated rings. The van der Waals surface area contributed by atoms with Crippen molar-refractivity contribution in [2.75, 3.05) is 0 Å². The second-order valence-corrected chi connectivity index (χ2v) is 6.41. The smallest absolute Gasteiger partial charge is 0.0184 e. The minimum absolute atomic E-state index is 1.21. The van der Waals surface area contributed by atoms with Crippen molar-refractivity contribution >= 4 is 5.57 Å². The van der Waals surface area contributed by atoms with Crippen LogP contribution in [0.15, 0.2) is 54.6 Å². The Morgan fingerprint density at radius 3 is 1.91 bits per heavy atom. The largest absolute Gasteiger partial charge is 0.0841 e. The standard InChI is InChI=1S/C23H30/c1-4-6-7-8-9-10-20-11-13-22(14-12-20)23-17-15-21(16-18-23)19(3)5-2/h5,11-18H,4,6-10H2,1-3H3/b19-5-. The Balaban J connectivity index is 1.94. The fourth-order valence-corrected chi connectivity index (χ4v) is 2.89. The van der Waals surface area contributed by atoms with Crippen LogP contribution in [-0.4, -0.2) is 0 Å². The Bertz CT molecular complexity index is 599. The van der Waals surface area contributed by atoms with Gasteiger partial charge in [0.1, 0.15) is 0 Å². The molecule has 2 rings (SSSR count). The van der Waals surface area contributed by atoms with Crippen LogP contribution >= 0.6 is 0 Å². The molecule has 0 nitrogen and oxygen atoms in total. The third-order valence-corrected chi connectivity index (χ3v) is 4.63. The number of unbranched alkanes of at least 4 members (excludes halogenated alkanes) is 4. The molecule has 0 saturated heterocycles. The zero-order valence-electron chi connectivity index (χ0n) is 14.9. The van der Waals surface area contributed by atoms with E-state index in [-0.39, 0.29) is 0 Å². The topological polar surface area (TPSA) is 0 Å². The van der Waals surface area contributed by atoms with E-state index in [1.165, 1.54) is 66.4 Å². The molecular formula is C23H30. The summed E-state index contributed by atoms with van der Waals surface area (Å²) >= 11 is 0. The van der Waals surface area contributed by atoms with Gasteiger partial charge in [0.05, 0.1) is 0 Å². The maximum atomic E-state index is 2.29. The van der Waals surface area contributed by atoms with Crippen molar-refractivity contribution in [3.05, 3.63) is 65.7 Å². The highest BCUT2D eigenvalue weighted by Gasteiger charge is 2.00. The zero-order valence-corrected chi connectivity index (χ0v) is 14.9. The highest BCUT2D eigenvalue weighted by Crippen LogP contribution is 2.23. The van der Waals surface area contributed by atoms with Gasteiger partial charge in [-0.3, -0.25) is 0 Å². The molecule has 2 aromatic rings. The van der Waals surface area contributed by atoms with Gasteiger partial charge in [0.25, 0.3) is 0 Å². The molecule has 0 aliphatic heterocycles. The van der Waals surface area contributed by atoms with Crippen molar-refractivity contribution in [1.82, 2.24) is 0 Å². The summed E-state index contributed by atoms with van der Waals surface area (Å²) in [5.74, 6) is 0. The van der Waals surface area contributed by atoms with Gasteiger partial charge < -0.3 is 0 Å². The summed E-state index contributed by atoms with van der Waals surface area (Å²) in [6.45, 7) is 6.51. The van der Waals surface area contributed by atoms with Gasteiger partial charge in [0, 0.05) is 0 Å². The van der Waals surface area contributed by atoms with Crippen LogP contribution < -0.4 is 0 Å². The predicted octanol–water partition coefficient (Wildman–Crippen LogP) is 7.29. The second-order valence-electron chi connectivity index (χ2n) is 6.41. The van der Waals surface area contributed by atoms with Gasteiger partial charge in [-0.05, 0) is 54.5 Å². The number of rotatable bonds is 8. The Morgan fingerprint density at radius 2 is 1.35 bits per heavy atom. The molecule has 0 N–H and O–H groups in total. The highest BCUT2D eigenvalue weighted by molar-refractivity contribution is 5.69. The van der Waals surface area contributed by atoms with E-state index in [1.54, 1.807) is 0 Å². The lowest BCUT2D eigenvalue weighted by molar-refractivity contribution is 0.632. The van der Waals surface area contributed by atoms with E-state index in [2.05, 4.69) is 75.4 Å². The van der Waals surface area contributed by atoms with Crippen molar-refractivity contribution in [2.45, 2.75) is 59.3 Å². The van der Waals surface area contributed by atoms with Crippen molar-refractivity contribution in [2.24, 2.45) is 0 Å². The van der Waals surface area contributed by atoms with Crippen LogP contribution in [0.1, 0.15) is 64.0 Å². The normalized spacial score (nSPS) is 11.7. The molecule has 0 radical (unpaired) electrons. The molecule has 0 bridgehead atoms. The molecule has 2 aromatic carbocycles. The summed E-state index contributed by atoms with van der Waals surface area (Å²) in [6.07, 6.45) is 10.1. The van der Waals surface area contributed by atoms with Crippen LogP contribution in [0.25, 0.3) is 16.7 Å². The Hall–Kier alpha value is -1.82. The van der Waals surface area contributed by atoms with E-state index in [4.69, 9.17) is 0 Å². The number of allylic oxidation sites excluding steroid dienone is 2. The Morgan fingerprint density at radius 1 is 0.783 bits per heavy atom. The van der Waals surface area contributed by atoms with E-state index in [1.807, 2.05) is 0 Å². The first-order valence-corrected chi connectivity index (χ1v) is 9.07. The maximum absolute atomic E-state index is 2.29. The second kappa shape index (κ2) is 9.35.